The van der Waals surface area contributed by atoms with E-state index in [-0.39, 0.29) is 0 Å². The van der Waals surface area contributed by atoms with Gasteiger partial charge in [0, 0.05) is 17.6 Å². The Morgan fingerprint density at radius 3 is 2.68 bits per heavy atom. The van der Waals surface area contributed by atoms with Crippen LogP contribution >= 0.6 is 11.3 Å². The molecular weight excluding hydrogens is 254 g/mol. The molecule has 2 nitrogen and oxygen atoms in total. The van der Waals surface area contributed by atoms with E-state index in [1.54, 1.807) is 11.3 Å². The number of anilines is 1. The maximum absolute atomic E-state index is 10.2. The van der Waals surface area contributed by atoms with Gasteiger partial charge in [-0.3, -0.25) is 0 Å². The Bertz CT molecular complexity index is 663. The summed E-state index contributed by atoms with van der Waals surface area (Å²) in [6, 6.07) is 16.3. The maximum Gasteiger partial charge on any atom is 0.0962 e. The lowest BCUT2D eigenvalue weighted by Crippen LogP contribution is -2.11. The number of hydrogen-bond acceptors (Lipinski definition) is 3. The molecule has 1 aromatic heterocycles. The first-order chi connectivity index (χ1) is 9.33. The van der Waals surface area contributed by atoms with Crippen molar-refractivity contribution in [3.8, 4) is 0 Å². The van der Waals surface area contributed by atoms with Gasteiger partial charge in [-0.15, -0.1) is 0 Å². The third kappa shape index (κ3) is 2.78. The Kier molecular flexibility index (Phi) is 3.49. The zero-order chi connectivity index (χ0) is 13.1. The predicted octanol–water partition coefficient (Wildman–Crippen LogP) is 4.05. The standard InChI is InChI=1S/C16H15NOS/c18-16(10-17-15-7-8-19-11-15)14-6-5-12-3-1-2-4-13(12)9-14/h1-9,11,16-18H,10H2. The van der Waals surface area contributed by atoms with E-state index in [4.69, 9.17) is 0 Å². The smallest absolute Gasteiger partial charge is 0.0962 e. The second kappa shape index (κ2) is 5.43. The second-order valence-corrected chi connectivity index (χ2v) is 5.30. The highest BCUT2D eigenvalue weighted by atomic mass is 32.1. The average Bonchev–Trinajstić information content (AvgIpc) is 2.97. The Hall–Kier alpha value is -1.84. The highest BCUT2D eigenvalue weighted by molar-refractivity contribution is 7.08. The fourth-order valence-corrected chi connectivity index (χ4v) is 2.72. The number of thiophene rings is 1. The van der Waals surface area contributed by atoms with Crippen LogP contribution in [0.1, 0.15) is 11.7 Å². The molecule has 0 spiro atoms. The Morgan fingerprint density at radius 1 is 1.05 bits per heavy atom. The summed E-state index contributed by atoms with van der Waals surface area (Å²) in [5, 5.41) is 19.9. The van der Waals surface area contributed by atoms with Crippen LogP contribution in [0.25, 0.3) is 10.8 Å². The van der Waals surface area contributed by atoms with Crippen LogP contribution < -0.4 is 5.32 Å². The molecule has 0 aliphatic carbocycles. The summed E-state index contributed by atoms with van der Waals surface area (Å²) in [7, 11) is 0. The molecule has 0 saturated carbocycles. The SMILES string of the molecule is OC(CNc1ccsc1)c1ccc2ccccc2c1. The quantitative estimate of drug-likeness (QED) is 0.749. The van der Waals surface area contributed by atoms with Crippen molar-refractivity contribution in [3.63, 3.8) is 0 Å². The van der Waals surface area contributed by atoms with Crippen molar-refractivity contribution < 1.29 is 5.11 Å². The molecule has 1 heterocycles. The second-order valence-electron chi connectivity index (χ2n) is 4.52. The van der Waals surface area contributed by atoms with Crippen LogP contribution in [0.3, 0.4) is 0 Å². The van der Waals surface area contributed by atoms with Gasteiger partial charge in [-0.25, -0.2) is 0 Å². The molecule has 0 saturated heterocycles. The van der Waals surface area contributed by atoms with Gasteiger partial charge in [0.1, 0.15) is 0 Å². The van der Waals surface area contributed by atoms with Crippen molar-refractivity contribution >= 4 is 27.8 Å². The molecule has 1 atom stereocenters. The van der Waals surface area contributed by atoms with Crippen LogP contribution in [0.15, 0.2) is 59.3 Å². The minimum Gasteiger partial charge on any atom is -0.387 e. The van der Waals surface area contributed by atoms with E-state index in [1.165, 1.54) is 5.39 Å². The van der Waals surface area contributed by atoms with Gasteiger partial charge >= 0.3 is 0 Å². The van der Waals surface area contributed by atoms with Crippen LogP contribution in [0.2, 0.25) is 0 Å². The van der Waals surface area contributed by atoms with Crippen molar-refractivity contribution in [1.29, 1.82) is 0 Å². The molecule has 3 heteroatoms. The minimum atomic E-state index is -0.496. The van der Waals surface area contributed by atoms with Gasteiger partial charge in [-0.2, -0.15) is 11.3 Å². The summed E-state index contributed by atoms with van der Waals surface area (Å²) in [5.41, 5.74) is 2.01. The lowest BCUT2D eigenvalue weighted by atomic mass is 10.0. The largest absolute Gasteiger partial charge is 0.387 e. The molecule has 0 aliphatic heterocycles. The number of fused-ring (bicyclic) bond motifs is 1. The summed E-state index contributed by atoms with van der Waals surface area (Å²) in [6.45, 7) is 0.523. The van der Waals surface area contributed by atoms with Gasteiger partial charge in [0.25, 0.3) is 0 Å². The first-order valence-electron chi connectivity index (χ1n) is 6.26. The third-order valence-corrected chi connectivity index (χ3v) is 3.86. The number of benzene rings is 2. The first-order valence-corrected chi connectivity index (χ1v) is 7.20. The van der Waals surface area contributed by atoms with Gasteiger partial charge in [-0.05, 0) is 33.8 Å². The highest BCUT2D eigenvalue weighted by Crippen LogP contribution is 2.21. The van der Waals surface area contributed by atoms with Gasteiger partial charge in [0.2, 0.25) is 0 Å². The molecule has 0 fully saturated rings. The van der Waals surface area contributed by atoms with Crippen LogP contribution in [-0.4, -0.2) is 11.7 Å². The normalized spacial score (nSPS) is 12.5. The van der Waals surface area contributed by atoms with Crippen LogP contribution in [0.4, 0.5) is 5.69 Å². The highest BCUT2D eigenvalue weighted by Gasteiger charge is 2.08. The Labute approximate surface area is 116 Å². The number of hydrogen-bond donors (Lipinski definition) is 2. The molecule has 3 rings (SSSR count). The van der Waals surface area contributed by atoms with Gasteiger partial charge in [0.05, 0.1) is 6.10 Å². The van der Waals surface area contributed by atoms with E-state index in [0.29, 0.717) is 6.54 Å². The molecule has 0 radical (unpaired) electrons. The Morgan fingerprint density at radius 2 is 1.89 bits per heavy atom. The van der Waals surface area contributed by atoms with Gasteiger partial charge < -0.3 is 10.4 Å². The molecule has 19 heavy (non-hydrogen) atoms. The van der Waals surface area contributed by atoms with Crippen LogP contribution in [-0.2, 0) is 0 Å². The number of rotatable bonds is 4. The molecule has 2 N–H and O–H groups in total. The monoisotopic (exact) mass is 269 g/mol. The van der Waals surface area contributed by atoms with E-state index in [0.717, 1.165) is 16.6 Å². The lowest BCUT2D eigenvalue weighted by molar-refractivity contribution is 0.192. The van der Waals surface area contributed by atoms with Crippen molar-refractivity contribution in [2.45, 2.75) is 6.10 Å². The zero-order valence-corrected chi connectivity index (χ0v) is 11.2. The summed E-state index contributed by atoms with van der Waals surface area (Å²) in [5.74, 6) is 0. The van der Waals surface area contributed by atoms with Crippen molar-refractivity contribution in [2.24, 2.45) is 0 Å². The van der Waals surface area contributed by atoms with E-state index in [1.807, 2.05) is 35.0 Å². The summed E-state index contributed by atoms with van der Waals surface area (Å²) in [4.78, 5) is 0. The summed E-state index contributed by atoms with van der Waals surface area (Å²) in [6.07, 6.45) is -0.496. The van der Waals surface area contributed by atoms with E-state index >= 15 is 0 Å². The summed E-state index contributed by atoms with van der Waals surface area (Å²) < 4.78 is 0. The molecule has 0 amide bonds. The fourth-order valence-electron chi connectivity index (χ4n) is 2.11. The van der Waals surface area contributed by atoms with Crippen LogP contribution in [0, 0.1) is 0 Å². The van der Waals surface area contributed by atoms with Crippen LogP contribution in [0.5, 0.6) is 0 Å². The molecular formula is C16H15NOS. The molecule has 3 aromatic rings. The van der Waals surface area contributed by atoms with E-state index in [9.17, 15) is 5.11 Å². The van der Waals surface area contributed by atoms with Crippen molar-refractivity contribution in [2.75, 3.05) is 11.9 Å². The first kappa shape index (κ1) is 12.2. The molecule has 2 aromatic carbocycles. The number of aliphatic hydroxyl groups is 1. The fraction of sp³-hybridized carbons (Fsp3) is 0.125. The molecule has 0 bridgehead atoms. The molecule has 0 aliphatic rings. The maximum atomic E-state index is 10.2. The summed E-state index contributed by atoms with van der Waals surface area (Å²) >= 11 is 1.64. The molecule has 96 valence electrons. The topological polar surface area (TPSA) is 32.3 Å². The number of nitrogens with one attached hydrogen (secondary N) is 1. The molecule has 1 unspecified atom stereocenters. The predicted molar refractivity (Wildman–Crippen MR) is 81.7 cm³/mol. The minimum absolute atomic E-state index is 0.496. The van der Waals surface area contributed by atoms with Gasteiger partial charge in [-0.1, -0.05) is 36.4 Å². The van der Waals surface area contributed by atoms with E-state index in [2.05, 4.69) is 29.6 Å². The van der Waals surface area contributed by atoms with Crippen molar-refractivity contribution in [3.05, 3.63) is 64.9 Å². The lowest BCUT2D eigenvalue weighted by Gasteiger charge is -2.13. The Balaban J connectivity index is 1.75. The third-order valence-electron chi connectivity index (χ3n) is 3.18. The van der Waals surface area contributed by atoms with E-state index < -0.39 is 6.10 Å². The average molecular weight is 269 g/mol. The van der Waals surface area contributed by atoms with Crippen molar-refractivity contribution in [1.82, 2.24) is 0 Å². The van der Waals surface area contributed by atoms with Gasteiger partial charge in [0.15, 0.2) is 0 Å². The number of aliphatic hydroxyl groups excluding tert-OH is 1. The zero-order valence-electron chi connectivity index (χ0n) is 10.4.